The molecule has 0 aromatic heterocycles. The number of nitrogens with zero attached hydrogens (tertiary/aromatic N) is 2. The van der Waals surface area contributed by atoms with Gasteiger partial charge in [0, 0.05) is 49.7 Å². The van der Waals surface area contributed by atoms with Crippen molar-refractivity contribution in [2.75, 3.05) is 26.7 Å². The van der Waals surface area contributed by atoms with Crippen molar-refractivity contribution >= 4 is 17.8 Å². The van der Waals surface area contributed by atoms with Crippen LogP contribution in [0.2, 0.25) is 0 Å². The zero-order valence-corrected chi connectivity index (χ0v) is 21.4. The van der Waals surface area contributed by atoms with Gasteiger partial charge < -0.3 is 24.6 Å². The maximum atomic E-state index is 13.7. The molecule has 3 aliphatic carbocycles. The van der Waals surface area contributed by atoms with E-state index in [0.29, 0.717) is 38.1 Å². The first-order valence-electron chi connectivity index (χ1n) is 13.6. The van der Waals surface area contributed by atoms with Gasteiger partial charge in [-0.1, -0.05) is 6.07 Å². The van der Waals surface area contributed by atoms with E-state index in [4.69, 9.17) is 14.6 Å². The second kappa shape index (κ2) is 8.98. The third kappa shape index (κ3) is 4.02. The number of fused-ring (bicyclic) bond motifs is 1. The van der Waals surface area contributed by atoms with Crippen molar-refractivity contribution in [3.05, 3.63) is 29.3 Å². The molecule has 6 rings (SSSR count). The van der Waals surface area contributed by atoms with E-state index in [1.54, 1.807) is 7.11 Å². The molecule has 0 spiro atoms. The van der Waals surface area contributed by atoms with Crippen LogP contribution in [0.4, 0.5) is 4.79 Å². The van der Waals surface area contributed by atoms with E-state index in [9.17, 15) is 19.5 Å². The molecule has 200 valence electrons. The van der Waals surface area contributed by atoms with Crippen LogP contribution in [-0.2, 0) is 26.2 Å². The maximum absolute atomic E-state index is 13.7. The molecule has 1 aromatic carbocycles. The molecular weight excluding hydrogens is 476 g/mol. The number of methoxy groups -OCH3 is 1. The van der Waals surface area contributed by atoms with Crippen molar-refractivity contribution in [1.29, 1.82) is 0 Å². The van der Waals surface area contributed by atoms with Crippen LogP contribution in [0.3, 0.4) is 0 Å². The number of benzene rings is 1. The molecule has 2 aliphatic heterocycles. The number of ether oxygens (including phenoxy) is 2. The molecule has 1 amide bonds. The predicted octanol–water partition coefficient (Wildman–Crippen LogP) is 2.72. The average molecular weight is 513 g/mol. The molecule has 5 aliphatic rings. The second-order valence-electron chi connectivity index (χ2n) is 11.8. The molecule has 1 aromatic rings. The summed E-state index contributed by atoms with van der Waals surface area (Å²) in [4.78, 5) is 41.9. The van der Waals surface area contributed by atoms with Gasteiger partial charge in [0.25, 0.3) is 0 Å². The number of hydrogen-bond acceptors (Lipinski definition) is 7. The number of Topliss-reactive ketones (excluding diaryl/α,β-unsaturated/α-hetero) is 1. The van der Waals surface area contributed by atoms with Gasteiger partial charge in [-0.2, -0.15) is 0 Å². The molecule has 2 heterocycles. The SMILES string of the molecule is COc1ccc2c(c1)[C@]13CCN(CC4CC4)[C@H](C2)[C@]1(O)C[C@H](CC(=O)N1CCC[C@@H]1OC(=O)O)C(=O)C3. The molecule has 5 atom stereocenters. The fraction of sp³-hybridized carbons (Fsp3) is 0.679. The van der Waals surface area contributed by atoms with Gasteiger partial charge in [-0.15, -0.1) is 0 Å². The number of likely N-dealkylation sites (tertiary alicyclic amines) is 2. The maximum Gasteiger partial charge on any atom is 0.507 e. The highest BCUT2D eigenvalue weighted by molar-refractivity contribution is 5.90. The number of carbonyl (C=O) groups is 3. The van der Waals surface area contributed by atoms with Crippen LogP contribution < -0.4 is 4.74 Å². The Bertz CT molecular complexity index is 1120. The van der Waals surface area contributed by atoms with E-state index in [2.05, 4.69) is 11.0 Å². The van der Waals surface area contributed by atoms with E-state index in [-0.39, 0.29) is 37.0 Å². The lowest BCUT2D eigenvalue weighted by Gasteiger charge is -2.64. The van der Waals surface area contributed by atoms with Crippen molar-refractivity contribution in [3.63, 3.8) is 0 Å². The van der Waals surface area contributed by atoms with E-state index in [0.717, 1.165) is 24.4 Å². The summed E-state index contributed by atoms with van der Waals surface area (Å²) in [5.41, 5.74) is 0.354. The Balaban J connectivity index is 1.31. The number of amides is 1. The van der Waals surface area contributed by atoms with Gasteiger partial charge in [0.2, 0.25) is 5.91 Å². The van der Waals surface area contributed by atoms with Crippen molar-refractivity contribution in [3.8, 4) is 5.75 Å². The normalized spacial score (nSPS) is 35.0. The molecule has 2 saturated carbocycles. The summed E-state index contributed by atoms with van der Waals surface area (Å²) in [6, 6.07) is 5.94. The second-order valence-corrected chi connectivity index (χ2v) is 11.8. The van der Waals surface area contributed by atoms with Crippen LogP contribution in [0.1, 0.15) is 62.5 Å². The Morgan fingerprint density at radius 1 is 1.19 bits per heavy atom. The number of rotatable bonds is 6. The average Bonchev–Trinajstić information content (AvgIpc) is 3.56. The lowest BCUT2D eigenvalue weighted by molar-refractivity contribution is -0.183. The summed E-state index contributed by atoms with van der Waals surface area (Å²) in [6.45, 7) is 2.23. The number of hydrogen-bond donors (Lipinski definition) is 2. The van der Waals surface area contributed by atoms with Gasteiger partial charge in [0.1, 0.15) is 11.5 Å². The van der Waals surface area contributed by atoms with Crippen LogP contribution in [-0.4, -0.2) is 82.5 Å². The highest BCUT2D eigenvalue weighted by Gasteiger charge is 2.66. The minimum absolute atomic E-state index is 0.00186. The zero-order valence-electron chi connectivity index (χ0n) is 21.4. The smallest absolute Gasteiger partial charge is 0.497 e. The summed E-state index contributed by atoms with van der Waals surface area (Å²) in [7, 11) is 1.63. The fourth-order valence-corrected chi connectivity index (χ4v) is 7.73. The Hall–Kier alpha value is -2.65. The van der Waals surface area contributed by atoms with Crippen LogP contribution >= 0.6 is 0 Å². The molecule has 2 bridgehead atoms. The number of carbonyl (C=O) groups excluding carboxylic acids is 2. The highest BCUT2D eigenvalue weighted by atomic mass is 16.7. The van der Waals surface area contributed by atoms with Crippen molar-refractivity contribution in [2.24, 2.45) is 11.8 Å². The topological polar surface area (TPSA) is 117 Å². The minimum Gasteiger partial charge on any atom is -0.497 e. The van der Waals surface area contributed by atoms with Crippen LogP contribution in [0.25, 0.3) is 0 Å². The van der Waals surface area contributed by atoms with Gasteiger partial charge in [0.05, 0.1) is 12.7 Å². The molecule has 9 nitrogen and oxygen atoms in total. The summed E-state index contributed by atoms with van der Waals surface area (Å²) < 4.78 is 10.4. The number of carboxylic acid groups (broad SMARTS) is 1. The third-order valence-electron chi connectivity index (χ3n) is 9.75. The van der Waals surface area contributed by atoms with Crippen LogP contribution in [0.15, 0.2) is 18.2 Å². The summed E-state index contributed by atoms with van der Waals surface area (Å²) in [5.74, 6) is 0.514. The van der Waals surface area contributed by atoms with Crippen LogP contribution in [0, 0.1) is 11.8 Å². The van der Waals surface area contributed by atoms with E-state index in [1.165, 1.54) is 23.3 Å². The first-order chi connectivity index (χ1) is 17.7. The molecule has 2 N–H and O–H groups in total. The lowest BCUT2D eigenvalue weighted by atomic mass is 9.47. The van der Waals surface area contributed by atoms with E-state index >= 15 is 0 Å². The van der Waals surface area contributed by atoms with Gasteiger partial charge >= 0.3 is 6.16 Å². The first-order valence-corrected chi connectivity index (χ1v) is 13.6. The van der Waals surface area contributed by atoms with E-state index in [1.807, 2.05) is 12.1 Å². The number of piperidine rings is 1. The van der Waals surface area contributed by atoms with Crippen molar-refractivity contribution in [2.45, 2.75) is 81.1 Å². The largest absolute Gasteiger partial charge is 0.507 e. The summed E-state index contributed by atoms with van der Waals surface area (Å²) in [6.07, 6.45) is 3.17. The molecule has 9 heteroatoms. The predicted molar refractivity (Wildman–Crippen MR) is 132 cm³/mol. The lowest BCUT2D eigenvalue weighted by Crippen LogP contribution is -2.74. The van der Waals surface area contributed by atoms with Crippen molar-refractivity contribution in [1.82, 2.24) is 9.80 Å². The Morgan fingerprint density at radius 2 is 2.00 bits per heavy atom. The quantitative estimate of drug-likeness (QED) is 0.559. The Labute approximate surface area is 216 Å². The van der Waals surface area contributed by atoms with Crippen LogP contribution in [0.5, 0.6) is 5.75 Å². The summed E-state index contributed by atoms with van der Waals surface area (Å²) in [5, 5.41) is 21.7. The molecule has 37 heavy (non-hydrogen) atoms. The Kier molecular flexibility index (Phi) is 5.99. The fourth-order valence-electron chi connectivity index (χ4n) is 7.73. The summed E-state index contributed by atoms with van der Waals surface area (Å²) >= 11 is 0. The van der Waals surface area contributed by atoms with Gasteiger partial charge in [-0.3, -0.25) is 14.5 Å². The molecule has 0 unspecified atom stereocenters. The first kappa shape index (κ1) is 24.7. The third-order valence-corrected chi connectivity index (χ3v) is 9.75. The standard InChI is InChI=1S/C28H36N2O7/c1-36-20-7-6-18-11-23-28(35)14-19(12-24(32)30-9-2-3-25(30)37-26(33)34)22(31)15-27(28,21(18)13-20)8-10-29(23)16-17-4-5-17/h6-7,13,17,19,23,25,35H,2-5,8-12,14-16H2,1H3,(H,33,34)/t19-,23+,25-,27+,28+/m0/s1. The van der Waals surface area contributed by atoms with E-state index < -0.39 is 29.3 Å². The van der Waals surface area contributed by atoms with Gasteiger partial charge in [-0.25, -0.2) is 4.79 Å². The van der Waals surface area contributed by atoms with Gasteiger partial charge in [-0.05, 0) is 74.2 Å². The van der Waals surface area contributed by atoms with Gasteiger partial charge in [0.15, 0.2) is 6.23 Å². The molecule has 2 saturated heterocycles. The molecular formula is C28H36N2O7. The minimum atomic E-state index is -1.41. The monoisotopic (exact) mass is 512 g/mol. The number of ketones is 1. The molecule has 0 radical (unpaired) electrons. The molecule has 4 fully saturated rings. The Morgan fingerprint density at radius 3 is 2.73 bits per heavy atom. The number of aliphatic hydroxyl groups is 1. The van der Waals surface area contributed by atoms with Crippen molar-refractivity contribution < 1.29 is 34.1 Å². The zero-order chi connectivity index (χ0) is 25.9. The highest BCUT2D eigenvalue weighted by Crippen LogP contribution is 2.59.